The predicted molar refractivity (Wildman–Crippen MR) is 74.5 cm³/mol. The molecule has 0 saturated carbocycles. The van der Waals surface area contributed by atoms with Crippen LogP contribution in [0.5, 0.6) is 0 Å². The van der Waals surface area contributed by atoms with Crippen molar-refractivity contribution in [1.29, 1.82) is 0 Å². The highest BCUT2D eigenvalue weighted by molar-refractivity contribution is 6.39. The summed E-state index contributed by atoms with van der Waals surface area (Å²) < 4.78 is 17.9. The number of carbonyl (C=O) groups is 2. The topological polar surface area (TPSA) is 55.4 Å². The number of benzene rings is 1. The van der Waals surface area contributed by atoms with Gasteiger partial charge in [0, 0.05) is 18.3 Å². The molecule has 0 aliphatic carbocycles. The first kappa shape index (κ1) is 16.5. The van der Waals surface area contributed by atoms with E-state index < -0.39 is 17.6 Å². The molecule has 20 heavy (non-hydrogen) atoms. The van der Waals surface area contributed by atoms with E-state index in [1.165, 1.54) is 6.20 Å². The standard InChI is InChI=1S/C13H12Cl2FNO3/c1-3-17-6-8(13(19)20-2)12(18)7-4-11(16)10(15)5-9(7)14/h4-6,17H,3H2,1-2H3. The highest BCUT2D eigenvalue weighted by Crippen LogP contribution is 2.26. The fourth-order valence-corrected chi connectivity index (χ4v) is 1.84. The van der Waals surface area contributed by atoms with Gasteiger partial charge < -0.3 is 10.1 Å². The molecule has 108 valence electrons. The Bertz CT molecular complexity index is 573. The van der Waals surface area contributed by atoms with Gasteiger partial charge in [0.1, 0.15) is 11.4 Å². The van der Waals surface area contributed by atoms with Crippen LogP contribution in [-0.2, 0) is 9.53 Å². The second kappa shape index (κ2) is 7.26. The van der Waals surface area contributed by atoms with Gasteiger partial charge in [-0.3, -0.25) is 4.79 Å². The summed E-state index contributed by atoms with van der Waals surface area (Å²) in [5, 5.41) is 2.46. The number of nitrogens with one attached hydrogen (secondary N) is 1. The number of ketones is 1. The van der Waals surface area contributed by atoms with Crippen molar-refractivity contribution in [2.45, 2.75) is 6.92 Å². The molecule has 0 unspecified atom stereocenters. The number of esters is 1. The van der Waals surface area contributed by atoms with Crippen molar-refractivity contribution in [3.63, 3.8) is 0 Å². The van der Waals surface area contributed by atoms with Gasteiger partial charge in [-0.15, -0.1) is 0 Å². The van der Waals surface area contributed by atoms with Gasteiger partial charge >= 0.3 is 5.97 Å². The highest BCUT2D eigenvalue weighted by Gasteiger charge is 2.23. The van der Waals surface area contributed by atoms with Crippen LogP contribution in [0, 0.1) is 5.82 Å². The quantitative estimate of drug-likeness (QED) is 0.226. The number of Topliss-reactive ketones (excluding diaryl/α,β-unsaturated/α-hetero) is 1. The molecule has 1 aromatic carbocycles. The second-order valence-corrected chi connectivity index (χ2v) is 4.50. The smallest absolute Gasteiger partial charge is 0.343 e. The van der Waals surface area contributed by atoms with Gasteiger partial charge in [0.2, 0.25) is 5.78 Å². The van der Waals surface area contributed by atoms with E-state index in [4.69, 9.17) is 23.2 Å². The zero-order chi connectivity index (χ0) is 15.3. The summed E-state index contributed by atoms with van der Waals surface area (Å²) in [7, 11) is 1.14. The Kier molecular flexibility index (Phi) is 5.98. The lowest BCUT2D eigenvalue weighted by Gasteiger charge is -2.08. The summed E-state index contributed by atoms with van der Waals surface area (Å²) in [5.74, 6) is -2.40. The van der Waals surface area contributed by atoms with Crippen molar-refractivity contribution in [2.75, 3.05) is 13.7 Å². The van der Waals surface area contributed by atoms with Gasteiger partial charge in [0.05, 0.1) is 17.2 Å². The Morgan fingerprint density at radius 3 is 2.55 bits per heavy atom. The van der Waals surface area contributed by atoms with E-state index in [1.54, 1.807) is 6.92 Å². The molecule has 1 N–H and O–H groups in total. The summed E-state index contributed by atoms with van der Waals surface area (Å²) in [6, 6.07) is 1.99. The molecule has 0 aromatic heterocycles. The Hall–Kier alpha value is -1.59. The predicted octanol–water partition coefficient (Wildman–Crippen LogP) is 2.98. The van der Waals surface area contributed by atoms with Gasteiger partial charge in [-0.25, -0.2) is 9.18 Å². The molecule has 4 nitrogen and oxygen atoms in total. The molecule has 0 fully saturated rings. The molecule has 0 aliphatic rings. The number of halogens is 3. The molecule has 0 atom stereocenters. The molecular formula is C13H12Cl2FNO3. The lowest BCUT2D eigenvalue weighted by atomic mass is 10.0. The average Bonchev–Trinajstić information content (AvgIpc) is 2.42. The minimum Gasteiger partial charge on any atom is -0.465 e. The van der Waals surface area contributed by atoms with Gasteiger partial charge in [0.25, 0.3) is 0 Å². The summed E-state index contributed by atoms with van der Waals surface area (Å²) in [5.41, 5.74) is -0.443. The van der Waals surface area contributed by atoms with Crippen LogP contribution in [0.1, 0.15) is 17.3 Å². The third-order valence-corrected chi connectivity index (χ3v) is 2.96. The van der Waals surface area contributed by atoms with E-state index in [2.05, 4.69) is 10.1 Å². The van der Waals surface area contributed by atoms with Crippen molar-refractivity contribution in [1.82, 2.24) is 5.32 Å². The summed E-state index contributed by atoms with van der Waals surface area (Å²) in [6.07, 6.45) is 1.21. The molecule has 1 aromatic rings. The SMILES string of the molecule is CCNC=C(C(=O)OC)C(=O)c1cc(F)c(Cl)cc1Cl. The number of hydrogen-bond donors (Lipinski definition) is 1. The minimum absolute atomic E-state index is 0.0484. The van der Waals surface area contributed by atoms with Gasteiger partial charge in [-0.1, -0.05) is 23.2 Å². The summed E-state index contributed by atoms with van der Waals surface area (Å²) >= 11 is 11.4. The van der Waals surface area contributed by atoms with E-state index in [1.807, 2.05) is 0 Å². The zero-order valence-corrected chi connectivity index (χ0v) is 12.3. The largest absolute Gasteiger partial charge is 0.465 e. The molecule has 0 aliphatic heterocycles. The fraction of sp³-hybridized carbons (Fsp3) is 0.231. The maximum atomic E-state index is 13.4. The fourth-order valence-electron chi connectivity index (χ4n) is 1.37. The van der Waals surface area contributed by atoms with Gasteiger partial charge in [0.15, 0.2) is 0 Å². The Morgan fingerprint density at radius 1 is 1.35 bits per heavy atom. The third kappa shape index (κ3) is 3.71. The molecule has 0 heterocycles. The molecule has 0 radical (unpaired) electrons. The van der Waals surface area contributed by atoms with Crippen molar-refractivity contribution in [3.8, 4) is 0 Å². The number of methoxy groups -OCH3 is 1. The van der Waals surface area contributed by atoms with Crippen LogP contribution in [0.25, 0.3) is 0 Å². The van der Waals surface area contributed by atoms with Crippen molar-refractivity contribution >= 4 is 35.0 Å². The van der Waals surface area contributed by atoms with E-state index in [-0.39, 0.29) is 21.2 Å². The lowest BCUT2D eigenvalue weighted by Crippen LogP contribution is -2.19. The van der Waals surface area contributed by atoms with Gasteiger partial charge in [-0.05, 0) is 19.1 Å². The monoisotopic (exact) mass is 319 g/mol. The first-order valence-corrected chi connectivity index (χ1v) is 6.39. The van der Waals surface area contributed by atoms with Gasteiger partial charge in [-0.2, -0.15) is 0 Å². The molecule has 7 heteroatoms. The lowest BCUT2D eigenvalue weighted by molar-refractivity contribution is -0.135. The van der Waals surface area contributed by atoms with E-state index in [0.29, 0.717) is 6.54 Å². The molecule has 0 amide bonds. The van der Waals surface area contributed by atoms with Crippen molar-refractivity contribution < 1.29 is 18.7 Å². The van der Waals surface area contributed by atoms with Crippen molar-refractivity contribution in [3.05, 3.63) is 45.3 Å². The first-order chi connectivity index (χ1) is 9.42. The minimum atomic E-state index is -0.845. The van der Waals surface area contributed by atoms with Crippen LogP contribution in [-0.4, -0.2) is 25.4 Å². The van der Waals surface area contributed by atoms with Crippen LogP contribution in [0.15, 0.2) is 23.9 Å². The maximum Gasteiger partial charge on any atom is 0.343 e. The summed E-state index contributed by atoms with van der Waals surface area (Å²) in [6.45, 7) is 2.28. The van der Waals surface area contributed by atoms with Crippen LogP contribution >= 0.6 is 23.2 Å². The van der Waals surface area contributed by atoms with Crippen LogP contribution in [0.3, 0.4) is 0 Å². The Labute approximate surface area is 125 Å². The molecular weight excluding hydrogens is 308 g/mol. The van der Waals surface area contributed by atoms with Crippen molar-refractivity contribution in [2.24, 2.45) is 0 Å². The maximum absolute atomic E-state index is 13.4. The summed E-state index contributed by atoms with van der Waals surface area (Å²) in [4.78, 5) is 23.8. The Balaban J connectivity index is 3.26. The Morgan fingerprint density at radius 2 is 2.00 bits per heavy atom. The van der Waals surface area contributed by atoms with Crippen LogP contribution in [0.4, 0.5) is 4.39 Å². The zero-order valence-electron chi connectivity index (χ0n) is 10.8. The first-order valence-electron chi connectivity index (χ1n) is 5.63. The normalized spacial score (nSPS) is 11.2. The number of hydrogen-bond acceptors (Lipinski definition) is 4. The highest BCUT2D eigenvalue weighted by atomic mass is 35.5. The molecule has 1 rings (SSSR count). The second-order valence-electron chi connectivity index (χ2n) is 3.68. The van der Waals surface area contributed by atoms with Crippen LogP contribution in [0.2, 0.25) is 10.0 Å². The molecule has 0 spiro atoms. The molecule has 0 saturated heterocycles. The van der Waals surface area contributed by atoms with E-state index in [0.717, 1.165) is 19.2 Å². The number of ether oxygens (including phenoxy) is 1. The van der Waals surface area contributed by atoms with E-state index >= 15 is 0 Å². The van der Waals surface area contributed by atoms with E-state index in [9.17, 15) is 14.0 Å². The number of carbonyl (C=O) groups excluding carboxylic acids is 2. The number of rotatable bonds is 5. The van der Waals surface area contributed by atoms with Crippen LogP contribution < -0.4 is 5.32 Å². The average molecular weight is 320 g/mol. The molecule has 0 bridgehead atoms. The third-order valence-electron chi connectivity index (χ3n) is 2.36.